The van der Waals surface area contributed by atoms with E-state index in [0.29, 0.717) is 19.3 Å². The zero-order chi connectivity index (χ0) is 44.5. The van der Waals surface area contributed by atoms with Crippen molar-refractivity contribution >= 4 is 11.9 Å². The monoisotopic (exact) mass is 862 g/mol. The van der Waals surface area contributed by atoms with E-state index in [1.807, 2.05) is 0 Å². The van der Waals surface area contributed by atoms with Gasteiger partial charge in [0.1, 0.15) is 6.10 Å². The first kappa shape index (κ1) is 59.6. The first-order valence-corrected chi connectivity index (χ1v) is 27.4. The lowest BCUT2D eigenvalue weighted by Crippen LogP contribution is -2.46. The van der Waals surface area contributed by atoms with E-state index in [9.17, 15) is 19.8 Å². The Morgan fingerprint density at radius 3 is 1.16 bits per heavy atom. The van der Waals surface area contributed by atoms with E-state index in [4.69, 9.17) is 4.74 Å². The molecule has 1 amide bonds. The number of carbonyl (C=O) groups excluding carboxylic acids is 2. The van der Waals surface area contributed by atoms with Gasteiger partial charge in [0.25, 0.3) is 0 Å². The van der Waals surface area contributed by atoms with Gasteiger partial charge < -0.3 is 20.3 Å². The molecule has 0 fully saturated rings. The van der Waals surface area contributed by atoms with Crippen LogP contribution < -0.4 is 5.32 Å². The third kappa shape index (κ3) is 45.0. The zero-order valence-electron chi connectivity index (χ0n) is 41.3. The van der Waals surface area contributed by atoms with Crippen LogP contribution in [0, 0.1) is 0 Å². The molecule has 0 radical (unpaired) electrons. The van der Waals surface area contributed by atoms with Gasteiger partial charge >= 0.3 is 5.97 Å². The van der Waals surface area contributed by atoms with Gasteiger partial charge in [-0.15, -0.1) is 0 Å². The van der Waals surface area contributed by atoms with Gasteiger partial charge in [-0.3, -0.25) is 9.59 Å². The Kier molecular flexibility index (Phi) is 48.5. The molecule has 6 nitrogen and oxygen atoms in total. The van der Waals surface area contributed by atoms with Crippen LogP contribution in [0.25, 0.3) is 0 Å². The molecule has 0 aromatic heterocycles. The molecule has 362 valence electrons. The molecule has 0 aromatic rings. The maximum atomic E-state index is 13.2. The number of nitrogens with one attached hydrogen (secondary N) is 1. The van der Waals surface area contributed by atoms with Crippen molar-refractivity contribution in [2.24, 2.45) is 0 Å². The van der Waals surface area contributed by atoms with E-state index >= 15 is 0 Å². The van der Waals surface area contributed by atoms with Gasteiger partial charge in [-0.2, -0.15) is 0 Å². The Morgan fingerprint density at radius 2 is 0.787 bits per heavy atom. The fourth-order valence-corrected chi connectivity index (χ4v) is 8.66. The van der Waals surface area contributed by atoms with E-state index in [-0.39, 0.29) is 24.9 Å². The predicted molar refractivity (Wildman–Crippen MR) is 264 cm³/mol. The van der Waals surface area contributed by atoms with Gasteiger partial charge in [-0.1, -0.05) is 251 Å². The standard InChI is InChI=1S/C55H107NO5/c1-4-7-10-13-16-19-22-25-28-31-34-37-40-43-46-51(61-55(60)48-45-42-39-36-33-30-27-24-21-18-15-12-9-6-3)49-54(59)56-52(50-57)53(58)47-44-41-38-35-32-29-26-23-20-17-14-11-8-5-2/h30,33,51-53,57-58H,4-29,31-32,34-50H2,1-3H3,(H,56,59)/b33-30-. The molecular formula is C55H107NO5. The fourth-order valence-electron chi connectivity index (χ4n) is 8.66. The molecule has 0 rings (SSSR count). The van der Waals surface area contributed by atoms with E-state index in [0.717, 1.165) is 51.4 Å². The number of carbonyl (C=O) groups is 2. The van der Waals surface area contributed by atoms with Gasteiger partial charge in [-0.25, -0.2) is 0 Å². The molecular weight excluding hydrogens is 755 g/mol. The number of allylic oxidation sites excluding steroid dienone is 2. The summed E-state index contributed by atoms with van der Waals surface area (Å²) in [4.78, 5) is 26.2. The third-order valence-corrected chi connectivity index (χ3v) is 12.8. The predicted octanol–water partition coefficient (Wildman–Crippen LogP) is 16.5. The number of aliphatic hydroxyl groups excluding tert-OH is 2. The Morgan fingerprint density at radius 1 is 0.459 bits per heavy atom. The Balaban J connectivity index is 4.54. The zero-order valence-corrected chi connectivity index (χ0v) is 41.3. The number of esters is 1. The minimum Gasteiger partial charge on any atom is -0.462 e. The highest BCUT2D eigenvalue weighted by Crippen LogP contribution is 2.19. The molecule has 61 heavy (non-hydrogen) atoms. The molecule has 3 N–H and O–H groups in total. The van der Waals surface area contributed by atoms with Gasteiger partial charge in [0.05, 0.1) is 25.2 Å². The van der Waals surface area contributed by atoms with Crippen molar-refractivity contribution in [2.75, 3.05) is 6.61 Å². The smallest absolute Gasteiger partial charge is 0.306 e. The first-order valence-electron chi connectivity index (χ1n) is 27.4. The second-order valence-corrected chi connectivity index (χ2v) is 19.0. The molecule has 0 aliphatic heterocycles. The highest BCUT2D eigenvalue weighted by atomic mass is 16.5. The number of unbranched alkanes of at least 4 members (excludes halogenated alkanes) is 36. The van der Waals surface area contributed by atoms with Crippen LogP contribution in [0.5, 0.6) is 0 Å². The van der Waals surface area contributed by atoms with Crippen LogP contribution in [0.2, 0.25) is 0 Å². The summed E-state index contributed by atoms with van der Waals surface area (Å²) >= 11 is 0. The van der Waals surface area contributed by atoms with Crippen LogP contribution in [-0.4, -0.2) is 46.9 Å². The normalized spacial score (nSPS) is 13.2. The number of hydrogen-bond acceptors (Lipinski definition) is 5. The average Bonchev–Trinajstić information content (AvgIpc) is 3.25. The molecule has 3 unspecified atom stereocenters. The Hall–Kier alpha value is -1.40. The highest BCUT2D eigenvalue weighted by Gasteiger charge is 2.24. The topological polar surface area (TPSA) is 95.9 Å². The minimum absolute atomic E-state index is 0.0792. The molecule has 0 saturated heterocycles. The molecule has 0 heterocycles. The quantitative estimate of drug-likeness (QED) is 0.0322. The highest BCUT2D eigenvalue weighted by molar-refractivity contribution is 5.77. The van der Waals surface area contributed by atoms with E-state index in [2.05, 4.69) is 38.2 Å². The van der Waals surface area contributed by atoms with E-state index in [1.165, 1.54) is 205 Å². The molecule has 0 aliphatic carbocycles. The third-order valence-electron chi connectivity index (χ3n) is 12.8. The fraction of sp³-hybridized carbons (Fsp3) is 0.927. The summed E-state index contributed by atoms with van der Waals surface area (Å²) in [6.45, 7) is 6.51. The van der Waals surface area contributed by atoms with Crippen LogP contribution in [0.1, 0.15) is 303 Å². The second kappa shape index (κ2) is 49.6. The van der Waals surface area contributed by atoms with Crippen molar-refractivity contribution < 1.29 is 24.5 Å². The summed E-state index contributed by atoms with van der Waals surface area (Å²) < 4.78 is 5.94. The molecule has 0 bridgehead atoms. The van der Waals surface area contributed by atoms with Crippen molar-refractivity contribution in [3.8, 4) is 0 Å². The summed E-state index contributed by atoms with van der Waals surface area (Å²) in [6.07, 6.45) is 55.6. The van der Waals surface area contributed by atoms with E-state index < -0.39 is 18.2 Å². The molecule has 3 atom stereocenters. The molecule has 6 heteroatoms. The van der Waals surface area contributed by atoms with Crippen LogP contribution in [0.4, 0.5) is 0 Å². The maximum absolute atomic E-state index is 13.2. The van der Waals surface area contributed by atoms with Crippen molar-refractivity contribution in [2.45, 2.75) is 322 Å². The Labute approximate surface area is 380 Å². The lowest BCUT2D eigenvalue weighted by atomic mass is 10.0. The van der Waals surface area contributed by atoms with Crippen molar-refractivity contribution in [3.05, 3.63) is 12.2 Å². The summed E-state index contributed by atoms with van der Waals surface area (Å²) in [7, 11) is 0. The van der Waals surface area contributed by atoms with Crippen LogP contribution in [0.15, 0.2) is 12.2 Å². The van der Waals surface area contributed by atoms with Crippen molar-refractivity contribution in [3.63, 3.8) is 0 Å². The van der Waals surface area contributed by atoms with Crippen LogP contribution in [-0.2, 0) is 14.3 Å². The second-order valence-electron chi connectivity index (χ2n) is 19.0. The summed E-state index contributed by atoms with van der Waals surface area (Å²) in [5.41, 5.74) is 0. The van der Waals surface area contributed by atoms with Gasteiger partial charge in [0.15, 0.2) is 0 Å². The minimum atomic E-state index is -0.784. The molecule has 0 aliphatic rings. The SMILES string of the molecule is CCCCCCCCC/C=C\CCCCCC(=O)OC(CCCCCCCCCCCCCCCC)CC(=O)NC(CO)C(O)CCCCCCCCCCCCCCCC. The van der Waals surface area contributed by atoms with Crippen LogP contribution in [0.3, 0.4) is 0 Å². The number of ether oxygens (including phenoxy) is 1. The summed E-state index contributed by atoms with van der Waals surface area (Å²) in [6, 6.07) is -0.698. The molecule has 0 aromatic carbocycles. The largest absolute Gasteiger partial charge is 0.462 e. The number of rotatable bonds is 50. The lowest BCUT2D eigenvalue weighted by Gasteiger charge is -2.24. The van der Waals surface area contributed by atoms with Crippen molar-refractivity contribution in [1.82, 2.24) is 5.32 Å². The molecule has 0 spiro atoms. The van der Waals surface area contributed by atoms with Gasteiger partial charge in [-0.05, 0) is 51.4 Å². The number of hydrogen-bond donors (Lipinski definition) is 3. The first-order chi connectivity index (χ1) is 30.0. The Bertz CT molecular complexity index is 924. The van der Waals surface area contributed by atoms with Crippen molar-refractivity contribution in [1.29, 1.82) is 0 Å². The lowest BCUT2D eigenvalue weighted by molar-refractivity contribution is -0.151. The maximum Gasteiger partial charge on any atom is 0.306 e. The number of amides is 1. The average molecular weight is 862 g/mol. The van der Waals surface area contributed by atoms with Crippen LogP contribution >= 0.6 is 0 Å². The summed E-state index contributed by atoms with van der Waals surface area (Å²) in [5.74, 6) is -0.473. The summed E-state index contributed by atoms with van der Waals surface area (Å²) in [5, 5.41) is 23.8. The van der Waals surface area contributed by atoms with Gasteiger partial charge in [0, 0.05) is 6.42 Å². The molecule has 0 saturated carbocycles. The van der Waals surface area contributed by atoms with E-state index in [1.54, 1.807) is 0 Å². The van der Waals surface area contributed by atoms with Gasteiger partial charge in [0.2, 0.25) is 5.91 Å². The number of aliphatic hydroxyl groups is 2.